The molecule has 1 rings (SSSR count). The first-order valence-electron chi connectivity index (χ1n) is 3.67. The second-order valence-corrected chi connectivity index (χ2v) is 2.73. The SMILES string of the molecule is C=C(C)[C@@H](N)c1ccccc1. The summed E-state index contributed by atoms with van der Waals surface area (Å²) in [6.45, 7) is 5.75. The summed E-state index contributed by atoms with van der Waals surface area (Å²) in [6, 6.07) is 9.96. The largest absolute Gasteiger partial charge is 0.321 e. The highest BCUT2D eigenvalue weighted by molar-refractivity contribution is 5.24. The lowest BCUT2D eigenvalue weighted by Crippen LogP contribution is -2.10. The van der Waals surface area contributed by atoms with Crippen molar-refractivity contribution in [1.29, 1.82) is 0 Å². The summed E-state index contributed by atoms with van der Waals surface area (Å²) >= 11 is 0. The normalized spacial score (nSPS) is 12.5. The highest BCUT2D eigenvalue weighted by Crippen LogP contribution is 2.15. The number of nitrogens with two attached hydrogens (primary N) is 1. The number of hydrogen-bond acceptors (Lipinski definition) is 1. The molecule has 0 aromatic heterocycles. The Morgan fingerprint density at radius 3 is 2.36 bits per heavy atom. The van der Waals surface area contributed by atoms with Gasteiger partial charge in [-0.1, -0.05) is 42.5 Å². The minimum Gasteiger partial charge on any atom is -0.321 e. The maximum Gasteiger partial charge on any atom is 0.0505 e. The van der Waals surface area contributed by atoms with Gasteiger partial charge in [0.05, 0.1) is 6.04 Å². The molecule has 0 saturated carbocycles. The van der Waals surface area contributed by atoms with Crippen LogP contribution >= 0.6 is 0 Å². The molecule has 2 N–H and O–H groups in total. The van der Waals surface area contributed by atoms with Crippen molar-refractivity contribution in [2.75, 3.05) is 0 Å². The second kappa shape index (κ2) is 3.35. The Morgan fingerprint density at radius 2 is 1.91 bits per heavy atom. The van der Waals surface area contributed by atoms with Crippen LogP contribution in [-0.2, 0) is 0 Å². The molecule has 0 aliphatic heterocycles. The summed E-state index contributed by atoms with van der Waals surface area (Å²) in [5, 5.41) is 0. The van der Waals surface area contributed by atoms with E-state index in [-0.39, 0.29) is 6.04 Å². The third kappa shape index (κ3) is 1.92. The molecule has 0 unspecified atom stereocenters. The van der Waals surface area contributed by atoms with E-state index in [1.165, 1.54) is 0 Å². The van der Waals surface area contributed by atoms with Crippen LogP contribution in [0.15, 0.2) is 42.5 Å². The Bertz CT molecular complexity index is 238. The lowest BCUT2D eigenvalue weighted by molar-refractivity contribution is 0.851. The summed E-state index contributed by atoms with van der Waals surface area (Å²) in [6.07, 6.45) is 0. The van der Waals surface area contributed by atoms with Crippen molar-refractivity contribution in [3.63, 3.8) is 0 Å². The van der Waals surface area contributed by atoms with Crippen molar-refractivity contribution >= 4 is 0 Å². The van der Waals surface area contributed by atoms with Crippen molar-refractivity contribution in [2.24, 2.45) is 5.73 Å². The Kier molecular flexibility index (Phi) is 2.44. The van der Waals surface area contributed by atoms with Gasteiger partial charge < -0.3 is 5.73 Å². The first-order chi connectivity index (χ1) is 5.22. The summed E-state index contributed by atoms with van der Waals surface area (Å²) in [5.41, 5.74) is 7.96. The van der Waals surface area contributed by atoms with Gasteiger partial charge in [-0.25, -0.2) is 0 Å². The topological polar surface area (TPSA) is 26.0 Å². The predicted molar refractivity (Wildman–Crippen MR) is 48.2 cm³/mol. The third-order valence-electron chi connectivity index (χ3n) is 1.69. The van der Waals surface area contributed by atoms with E-state index in [1.807, 2.05) is 37.3 Å². The molecular weight excluding hydrogens is 134 g/mol. The molecule has 11 heavy (non-hydrogen) atoms. The van der Waals surface area contributed by atoms with Crippen LogP contribution in [-0.4, -0.2) is 0 Å². The maximum atomic E-state index is 5.84. The molecule has 0 amide bonds. The van der Waals surface area contributed by atoms with Crippen LogP contribution in [0.1, 0.15) is 18.5 Å². The van der Waals surface area contributed by atoms with Gasteiger partial charge in [-0.05, 0) is 12.5 Å². The fourth-order valence-electron chi connectivity index (χ4n) is 0.945. The van der Waals surface area contributed by atoms with Gasteiger partial charge in [0.1, 0.15) is 0 Å². The minimum absolute atomic E-state index is 0.0174. The smallest absolute Gasteiger partial charge is 0.0505 e. The highest BCUT2D eigenvalue weighted by Gasteiger charge is 2.03. The van der Waals surface area contributed by atoms with Crippen molar-refractivity contribution in [1.82, 2.24) is 0 Å². The zero-order valence-electron chi connectivity index (χ0n) is 6.75. The fraction of sp³-hybridized carbons (Fsp3) is 0.200. The van der Waals surface area contributed by atoms with E-state index >= 15 is 0 Å². The Morgan fingerprint density at radius 1 is 1.36 bits per heavy atom. The molecule has 0 aliphatic carbocycles. The molecule has 0 saturated heterocycles. The predicted octanol–water partition coefficient (Wildman–Crippen LogP) is 2.26. The standard InChI is InChI=1S/C10H13N/c1-8(2)10(11)9-6-4-3-5-7-9/h3-7,10H,1,11H2,2H3/t10-/m1/s1. The quantitative estimate of drug-likeness (QED) is 0.638. The van der Waals surface area contributed by atoms with Crippen molar-refractivity contribution in [3.05, 3.63) is 48.0 Å². The van der Waals surface area contributed by atoms with Gasteiger partial charge in [-0.2, -0.15) is 0 Å². The van der Waals surface area contributed by atoms with Crippen LogP contribution < -0.4 is 5.73 Å². The zero-order chi connectivity index (χ0) is 8.27. The molecule has 58 valence electrons. The summed E-state index contributed by atoms with van der Waals surface area (Å²) in [4.78, 5) is 0. The van der Waals surface area contributed by atoms with E-state index in [1.54, 1.807) is 0 Å². The molecule has 1 aromatic rings. The van der Waals surface area contributed by atoms with Crippen LogP contribution in [0.2, 0.25) is 0 Å². The second-order valence-electron chi connectivity index (χ2n) is 2.73. The van der Waals surface area contributed by atoms with Gasteiger partial charge in [-0.15, -0.1) is 0 Å². The molecule has 1 heteroatoms. The van der Waals surface area contributed by atoms with Gasteiger partial charge in [0.15, 0.2) is 0 Å². The van der Waals surface area contributed by atoms with E-state index < -0.39 is 0 Å². The molecule has 0 radical (unpaired) electrons. The third-order valence-corrected chi connectivity index (χ3v) is 1.69. The average molecular weight is 147 g/mol. The monoisotopic (exact) mass is 147 g/mol. The fourth-order valence-corrected chi connectivity index (χ4v) is 0.945. The first-order valence-corrected chi connectivity index (χ1v) is 3.67. The lowest BCUT2D eigenvalue weighted by atomic mass is 10.0. The summed E-state index contributed by atoms with van der Waals surface area (Å²) in [7, 11) is 0. The molecule has 0 fully saturated rings. The minimum atomic E-state index is -0.0174. The molecule has 0 spiro atoms. The van der Waals surface area contributed by atoms with Gasteiger partial charge in [0.25, 0.3) is 0 Å². The van der Waals surface area contributed by atoms with Crippen LogP contribution in [0.3, 0.4) is 0 Å². The molecular formula is C10H13N. The number of hydrogen-bond donors (Lipinski definition) is 1. The summed E-state index contributed by atoms with van der Waals surface area (Å²) < 4.78 is 0. The molecule has 0 heterocycles. The van der Waals surface area contributed by atoms with E-state index in [0.717, 1.165) is 11.1 Å². The first kappa shape index (κ1) is 8.02. The van der Waals surface area contributed by atoms with Gasteiger partial charge in [-0.3, -0.25) is 0 Å². The number of rotatable bonds is 2. The zero-order valence-corrected chi connectivity index (χ0v) is 6.75. The van der Waals surface area contributed by atoms with Gasteiger partial charge in [0, 0.05) is 0 Å². The average Bonchev–Trinajstić information content (AvgIpc) is 2.05. The van der Waals surface area contributed by atoms with E-state index in [4.69, 9.17) is 5.73 Å². The van der Waals surface area contributed by atoms with Gasteiger partial charge >= 0.3 is 0 Å². The summed E-state index contributed by atoms with van der Waals surface area (Å²) in [5.74, 6) is 0. The molecule has 1 atom stereocenters. The van der Waals surface area contributed by atoms with Crippen LogP contribution in [0.25, 0.3) is 0 Å². The van der Waals surface area contributed by atoms with Crippen molar-refractivity contribution in [3.8, 4) is 0 Å². The van der Waals surface area contributed by atoms with Crippen LogP contribution in [0.4, 0.5) is 0 Å². The molecule has 1 aromatic carbocycles. The Hall–Kier alpha value is -1.08. The molecule has 1 nitrogen and oxygen atoms in total. The van der Waals surface area contributed by atoms with E-state index in [0.29, 0.717) is 0 Å². The van der Waals surface area contributed by atoms with Crippen molar-refractivity contribution in [2.45, 2.75) is 13.0 Å². The Labute approximate surface area is 67.5 Å². The van der Waals surface area contributed by atoms with E-state index in [9.17, 15) is 0 Å². The molecule has 0 aliphatic rings. The van der Waals surface area contributed by atoms with Gasteiger partial charge in [0.2, 0.25) is 0 Å². The number of benzene rings is 1. The van der Waals surface area contributed by atoms with E-state index in [2.05, 4.69) is 6.58 Å². The highest BCUT2D eigenvalue weighted by atomic mass is 14.6. The Balaban J connectivity index is 2.85. The van der Waals surface area contributed by atoms with Crippen molar-refractivity contribution < 1.29 is 0 Å². The molecule has 0 bridgehead atoms. The maximum absolute atomic E-state index is 5.84. The van der Waals surface area contributed by atoms with Crippen LogP contribution in [0, 0.1) is 0 Å². The lowest BCUT2D eigenvalue weighted by Gasteiger charge is -2.10. The van der Waals surface area contributed by atoms with Crippen LogP contribution in [0.5, 0.6) is 0 Å².